The molecular formula is C16H15ClN6. The van der Waals surface area contributed by atoms with Gasteiger partial charge in [-0.15, -0.1) is 10.2 Å². The number of aromatic nitrogens is 5. The highest BCUT2D eigenvalue weighted by atomic mass is 35.5. The SMILES string of the molecule is Cc1nnc2n1-c1ccc(-c3cnn(C)c3)cc1C(Cl)=NC2C. The fourth-order valence-electron chi connectivity index (χ4n) is 2.89. The number of nitrogens with zero attached hydrogens (tertiary/aromatic N) is 6. The smallest absolute Gasteiger partial charge is 0.162 e. The predicted molar refractivity (Wildman–Crippen MR) is 89.1 cm³/mol. The maximum atomic E-state index is 6.48. The van der Waals surface area contributed by atoms with Crippen LogP contribution in [0, 0.1) is 6.92 Å². The van der Waals surface area contributed by atoms with Gasteiger partial charge in [-0.3, -0.25) is 14.2 Å². The van der Waals surface area contributed by atoms with Crippen LogP contribution in [-0.2, 0) is 7.05 Å². The highest BCUT2D eigenvalue weighted by molar-refractivity contribution is 6.70. The molecule has 116 valence electrons. The predicted octanol–water partition coefficient (Wildman–Crippen LogP) is 3.04. The quantitative estimate of drug-likeness (QED) is 0.690. The topological polar surface area (TPSA) is 60.9 Å². The highest BCUT2D eigenvalue weighted by Crippen LogP contribution is 2.32. The Bertz CT molecular complexity index is 936. The molecule has 7 heteroatoms. The van der Waals surface area contributed by atoms with Crippen LogP contribution in [0.2, 0.25) is 0 Å². The zero-order valence-electron chi connectivity index (χ0n) is 13.0. The van der Waals surface area contributed by atoms with Crippen LogP contribution in [0.1, 0.15) is 30.2 Å². The molecule has 0 bridgehead atoms. The molecule has 0 amide bonds. The van der Waals surface area contributed by atoms with Gasteiger partial charge in [-0.1, -0.05) is 17.7 Å². The van der Waals surface area contributed by atoms with Crippen LogP contribution in [-0.4, -0.2) is 29.7 Å². The van der Waals surface area contributed by atoms with Crippen molar-refractivity contribution in [1.82, 2.24) is 24.5 Å². The van der Waals surface area contributed by atoms with Crippen molar-refractivity contribution in [3.8, 4) is 16.8 Å². The summed E-state index contributed by atoms with van der Waals surface area (Å²) in [5.41, 5.74) is 3.92. The third-order valence-electron chi connectivity index (χ3n) is 4.03. The number of fused-ring (bicyclic) bond motifs is 3. The Morgan fingerprint density at radius 3 is 2.74 bits per heavy atom. The molecule has 3 aromatic rings. The van der Waals surface area contributed by atoms with E-state index in [1.165, 1.54) is 0 Å². The van der Waals surface area contributed by atoms with E-state index in [9.17, 15) is 0 Å². The summed E-state index contributed by atoms with van der Waals surface area (Å²) in [6.45, 7) is 3.90. The Morgan fingerprint density at radius 1 is 1.17 bits per heavy atom. The summed E-state index contributed by atoms with van der Waals surface area (Å²) in [4.78, 5) is 4.55. The van der Waals surface area contributed by atoms with E-state index in [-0.39, 0.29) is 6.04 Å². The van der Waals surface area contributed by atoms with E-state index >= 15 is 0 Å². The van der Waals surface area contributed by atoms with Crippen molar-refractivity contribution in [2.24, 2.45) is 12.0 Å². The Labute approximate surface area is 138 Å². The molecule has 0 radical (unpaired) electrons. The third kappa shape index (κ3) is 2.17. The molecule has 0 fully saturated rings. The second kappa shape index (κ2) is 5.03. The second-order valence-electron chi connectivity index (χ2n) is 5.67. The van der Waals surface area contributed by atoms with Crippen LogP contribution in [0.15, 0.2) is 35.6 Å². The second-order valence-corrected chi connectivity index (χ2v) is 6.03. The maximum Gasteiger partial charge on any atom is 0.162 e. The molecule has 4 rings (SSSR count). The molecule has 0 aliphatic carbocycles. The number of aliphatic imine (C=N–C) groups is 1. The number of halogens is 1. The normalized spacial score (nSPS) is 16.5. The molecule has 6 nitrogen and oxygen atoms in total. The van der Waals surface area contributed by atoms with Gasteiger partial charge in [-0.2, -0.15) is 5.10 Å². The summed E-state index contributed by atoms with van der Waals surface area (Å²) in [6, 6.07) is 5.99. The van der Waals surface area contributed by atoms with Crippen LogP contribution in [0.4, 0.5) is 0 Å². The van der Waals surface area contributed by atoms with Crippen molar-refractivity contribution >= 4 is 16.8 Å². The number of hydrogen-bond donors (Lipinski definition) is 0. The van der Waals surface area contributed by atoms with E-state index < -0.39 is 0 Å². The van der Waals surface area contributed by atoms with E-state index in [0.29, 0.717) is 5.17 Å². The minimum atomic E-state index is -0.141. The summed E-state index contributed by atoms with van der Waals surface area (Å²) in [7, 11) is 1.90. The zero-order chi connectivity index (χ0) is 16.1. The Hall–Kier alpha value is -2.47. The van der Waals surface area contributed by atoms with Crippen molar-refractivity contribution in [1.29, 1.82) is 0 Å². The lowest BCUT2D eigenvalue weighted by molar-refractivity contribution is 0.722. The van der Waals surface area contributed by atoms with Gasteiger partial charge in [-0.25, -0.2) is 0 Å². The molecule has 1 aromatic carbocycles. The van der Waals surface area contributed by atoms with Gasteiger partial charge in [0.1, 0.15) is 17.0 Å². The van der Waals surface area contributed by atoms with Crippen LogP contribution >= 0.6 is 11.6 Å². The van der Waals surface area contributed by atoms with Gasteiger partial charge < -0.3 is 0 Å². The molecule has 3 heterocycles. The van der Waals surface area contributed by atoms with Gasteiger partial charge in [0.2, 0.25) is 0 Å². The highest BCUT2D eigenvalue weighted by Gasteiger charge is 2.24. The Balaban J connectivity index is 1.96. The summed E-state index contributed by atoms with van der Waals surface area (Å²) < 4.78 is 3.80. The number of aryl methyl sites for hydroxylation is 2. The average molecular weight is 327 g/mol. The van der Waals surface area contributed by atoms with E-state index in [1.807, 2.05) is 50.0 Å². The first kappa shape index (κ1) is 14.1. The van der Waals surface area contributed by atoms with E-state index in [2.05, 4.69) is 26.4 Å². The van der Waals surface area contributed by atoms with Gasteiger partial charge in [0, 0.05) is 24.4 Å². The minimum absolute atomic E-state index is 0.141. The van der Waals surface area contributed by atoms with Crippen LogP contribution in [0.25, 0.3) is 16.8 Å². The molecule has 2 aromatic heterocycles. The fraction of sp³-hybridized carbons (Fsp3) is 0.250. The van der Waals surface area contributed by atoms with E-state index in [4.69, 9.17) is 11.6 Å². The van der Waals surface area contributed by atoms with Gasteiger partial charge in [0.25, 0.3) is 0 Å². The van der Waals surface area contributed by atoms with E-state index in [0.717, 1.165) is 34.0 Å². The molecule has 1 unspecified atom stereocenters. The zero-order valence-corrected chi connectivity index (χ0v) is 13.8. The van der Waals surface area contributed by atoms with Crippen LogP contribution in [0.5, 0.6) is 0 Å². The van der Waals surface area contributed by atoms with Crippen molar-refractivity contribution in [3.05, 3.63) is 47.8 Å². The molecular weight excluding hydrogens is 312 g/mol. The third-order valence-corrected chi connectivity index (χ3v) is 4.33. The largest absolute Gasteiger partial charge is 0.281 e. The van der Waals surface area contributed by atoms with Crippen LogP contribution in [0.3, 0.4) is 0 Å². The Kier molecular flexibility index (Phi) is 3.09. The summed E-state index contributed by atoms with van der Waals surface area (Å²) in [6.07, 6.45) is 3.81. The lowest BCUT2D eigenvalue weighted by Crippen LogP contribution is -2.05. The molecule has 23 heavy (non-hydrogen) atoms. The van der Waals surface area contributed by atoms with Gasteiger partial charge in [0.15, 0.2) is 5.82 Å². The maximum absolute atomic E-state index is 6.48. The molecule has 0 spiro atoms. The van der Waals surface area contributed by atoms with Crippen LogP contribution < -0.4 is 0 Å². The molecule has 0 saturated heterocycles. The van der Waals surface area contributed by atoms with E-state index in [1.54, 1.807) is 4.68 Å². The Morgan fingerprint density at radius 2 is 2.00 bits per heavy atom. The lowest BCUT2D eigenvalue weighted by Gasteiger charge is -2.11. The standard InChI is InChI=1S/C16H15ClN6/c1-9-16-21-20-10(2)23(16)14-5-4-11(6-13(14)15(17)19-9)12-7-18-22(3)8-12/h4-9H,1-3H3. The molecule has 0 N–H and O–H groups in total. The average Bonchev–Trinajstić information content (AvgIpc) is 3.10. The van der Waals surface area contributed by atoms with Gasteiger partial charge in [0.05, 0.1) is 11.9 Å². The first-order valence-corrected chi connectivity index (χ1v) is 7.71. The molecule has 1 atom stereocenters. The molecule has 0 saturated carbocycles. The first-order valence-electron chi connectivity index (χ1n) is 7.33. The summed E-state index contributed by atoms with van der Waals surface area (Å²) in [5.74, 6) is 1.62. The number of hydrogen-bond acceptors (Lipinski definition) is 4. The first-order chi connectivity index (χ1) is 11.0. The van der Waals surface area contributed by atoms with Gasteiger partial charge >= 0.3 is 0 Å². The summed E-state index contributed by atoms with van der Waals surface area (Å²) >= 11 is 6.48. The molecule has 1 aliphatic heterocycles. The van der Waals surface area contributed by atoms with Crippen molar-refractivity contribution in [3.63, 3.8) is 0 Å². The van der Waals surface area contributed by atoms with Crippen molar-refractivity contribution in [2.45, 2.75) is 19.9 Å². The monoisotopic (exact) mass is 326 g/mol. The van der Waals surface area contributed by atoms with Gasteiger partial charge in [-0.05, 0) is 31.5 Å². The summed E-state index contributed by atoms with van der Waals surface area (Å²) in [5, 5.41) is 13.1. The van der Waals surface area contributed by atoms with Crippen molar-refractivity contribution in [2.75, 3.05) is 0 Å². The minimum Gasteiger partial charge on any atom is -0.281 e. The molecule has 1 aliphatic rings. The number of benzene rings is 1. The van der Waals surface area contributed by atoms with Crippen molar-refractivity contribution < 1.29 is 0 Å². The lowest BCUT2D eigenvalue weighted by atomic mass is 10.0. The number of rotatable bonds is 1. The fourth-order valence-corrected chi connectivity index (χ4v) is 3.19.